The van der Waals surface area contributed by atoms with Crippen molar-refractivity contribution in [2.75, 3.05) is 0 Å². The van der Waals surface area contributed by atoms with E-state index in [1.54, 1.807) is 13.0 Å². The van der Waals surface area contributed by atoms with Gasteiger partial charge in [-0.1, -0.05) is 35.9 Å². The first-order valence-corrected chi connectivity index (χ1v) is 8.82. The number of phenols is 1. The molecule has 2 heterocycles. The molecule has 0 amide bonds. The van der Waals surface area contributed by atoms with Crippen molar-refractivity contribution in [3.05, 3.63) is 75.3 Å². The normalized spacial score (nSPS) is 11.9. The number of alkyl halides is 3. The molecular weight excluding hydrogens is 407 g/mol. The van der Waals surface area contributed by atoms with Gasteiger partial charge < -0.3 is 10.1 Å². The lowest BCUT2D eigenvalue weighted by Crippen LogP contribution is -2.18. The maximum absolute atomic E-state index is 13.7. The van der Waals surface area contributed by atoms with Crippen molar-refractivity contribution in [3.8, 4) is 28.0 Å². The number of aromatic hydroxyl groups is 1. The zero-order chi connectivity index (χ0) is 20.9. The molecule has 0 aliphatic carbocycles. The zero-order valence-corrected chi connectivity index (χ0v) is 15.6. The van der Waals surface area contributed by atoms with Crippen LogP contribution in [-0.4, -0.2) is 19.7 Å². The summed E-state index contributed by atoms with van der Waals surface area (Å²) in [5, 5.41) is 14.1. The third-order valence-corrected chi connectivity index (χ3v) is 4.76. The van der Waals surface area contributed by atoms with Gasteiger partial charge in [0.1, 0.15) is 11.4 Å². The molecule has 0 bridgehead atoms. The van der Waals surface area contributed by atoms with E-state index in [-0.39, 0.29) is 33.7 Å². The molecule has 9 heteroatoms. The van der Waals surface area contributed by atoms with E-state index in [0.29, 0.717) is 9.54 Å². The minimum absolute atomic E-state index is 0.00567. The highest BCUT2D eigenvalue weighted by Gasteiger charge is 2.39. The highest BCUT2D eigenvalue weighted by Crippen LogP contribution is 2.38. The molecule has 0 radical (unpaired) electrons. The lowest BCUT2D eigenvalue weighted by molar-refractivity contribution is -0.140. The van der Waals surface area contributed by atoms with Gasteiger partial charge in [0.2, 0.25) is 0 Å². The summed E-state index contributed by atoms with van der Waals surface area (Å²) in [4.78, 5) is 15.7. The van der Waals surface area contributed by atoms with E-state index >= 15 is 0 Å². The number of nitrogens with zero attached hydrogens (tertiary/aromatic N) is 2. The Morgan fingerprint density at radius 3 is 2.41 bits per heavy atom. The first kappa shape index (κ1) is 19.1. The number of aromatic amines is 1. The van der Waals surface area contributed by atoms with Gasteiger partial charge in [-0.05, 0) is 36.2 Å². The van der Waals surface area contributed by atoms with Crippen LogP contribution in [0.5, 0.6) is 5.75 Å². The Labute approximate surface area is 167 Å². The number of H-pyrrole nitrogens is 1. The van der Waals surface area contributed by atoms with Crippen LogP contribution in [0.25, 0.3) is 27.9 Å². The summed E-state index contributed by atoms with van der Waals surface area (Å²) < 4.78 is 41.6. The van der Waals surface area contributed by atoms with E-state index in [9.17, 15) is 23.1 Å². The number of aryl methyl sites for hydroxylation is 1. The topological polar surface area (TPSA) is 70.4 Å². The quantitative estimate of drug-likeness (QED) is 0.478. The van der Waals surface area contributed by atoms with Gasteiger partial charge >= 0.3 is 6.18 Å². The average Bonchev–Trinajstić information content (AvgIpc) is 3.04. The standard InChI is InChI=1S/C20H13ClF3N3O2/c1-10-2-7-13(15(28)8-10)14-9-25-18-16(11-3-5-12(21)6-4-11)17(20(22,23)24)26-27(18)19(14)29/h2-9,25,28H,1H3. The molecule has 4 rings (SSSR count). The lowest BCUT2D eigenvalue weighted by atomic mass is 10.0. The van der Waals surface area contributed by atoms with Gasteiger partial charge in [-0.15, -0.1) is 0 Å². The fraction of sp³-hybridized carbons (Fsp3) is 0.100. The second-order valence-electron chi connectivity index (χ2n) is 6.52. The summed E-state index contributed by atoms with van der Waals surface area (Å²) in [6.45, 7) is 1.76. The summed E-state index contributed by atoms with van der Waals surface area (Å²) in [5.41, 5.74) is -1.19. The lowest BCUT2D eigenvalue weighted by Gasteiger charge is -2.07. The van der Waals surface area contributed by atoms with Crippen LogP contribution >= 0.6 is 11.6 Å². The number of hydrogen-bond donors (Lipinski definition) is 2. The van der Waals surface area contributed by atoms with E-state index in [0.717, 1.165) is 5.56 Å². The SMILES string of the molecule is Cc1ccc(-c2c[nH]c3c(-c4ccc(Cl)cc4)c(C(F)(F)F)nn3c2=O)c(O)c1. The summed E-state index contributed by atoms with van der Waals surface area (Å²) in [6, 6.07) is 10.4. The van der Waals surface area contributed by atoms with E-state index in [4.69, 9.17) is 11.6 Å². The van der Waals surface area contributed by atoms with Crippen molar-refractivity contribution in [1.82, 2.24) is 14.6 Å². The van der Waals surface area contributed by atoms with E-state index in [1.807, 2.05) is 0 Å². The molecule has 148 valence electrons. The molecule has 4 aromatic rings. The Kier molecular flexibility index (Phi) is 4.38. The Morgan fingerprint density at radius 1 is 1.10 bits per heavy atom. The Morgan fingerprint density at radius 2 is 1.79 bits per heavy atom. The van der Waals surface area contributed by atoms with Crippen LogP contribution in [0, 0.1) is 6.92 Å². The summed E-state index contributed by atoms with van der Waals surface area (Å²) in [5.74, 6) is -0.157. The smallest absolute Gasteiger partial charge is 0.435 e. The minimum atomic E-state index is -4.78. The molecule has 0 aliphatic heterocycles. The van der Waals surface area contributed by atoms with Crippen LogP contribution in [0.3, 0.4) is 0 Å². The van der Waals surface area contributed by atoms with Crippen LogP contribution in [0.15, 0.2) is 53.5 Å². The first-order chi connectivity index (χ1) is 13.7. The number of aromatic nitrogens is 3. The fourth-order valence-corrected chi connectivity index (χ4v) is 3.29. The van der Waals surface area contributed by atoms with Crippen LogP contribution < -0.4 is 5.56 Å². The maximum atomic E-state index is 13.7. The van der Waals surface area contributed by atoms with Crippen LogP contribution in [0.2, 0.25) is 5.02 Å². The molecule has 0 saturated heterocycles. The number of phenolic OH excluding ortho intramolecular Hbond substituents is 1. The highest BCUT2D eigenvalue weighted by atomic mass is 35.5. The molecule has 0 saturated carbocycles. The van der Waals surface area contributed by atoms with E-state index < -0.39 is 17.4 Å². The molecule has 5 nitrogen and oxygen atoms in total. The van der Waals surface area contributed by atoms with Crippen molar-refractivity contribution in [2.45, 2.75) is 13.1 Å². The van der Waals surface area contributed by atoms with E-state index in [1.165, 1.54) is 42.6 Å². The predicted molar refractivity (Wildman–Crippen MR) is 103 cm³/mol. The zero-order valence-electron chi connectivity index (χ0n) is 14.9. The molecule has 0 fully saturated rings. The monoisotopic (exact) mass is 419 g/mol. The van der Waals surface area contributed by atoms with Crippen molar-refractivity contribution >= 4 is 17.2 Å². The highest BCUT2D eigenvalue weighted by molar-refractivity contribution is 6.30. The van der Waals surface area contributed by atoms with Crippen molar-refractivity contribution in [1.29, 1.82) is 0 Å². The van der Waals surface area contributed by atoms with Crippen molar-refractivity contribution in [3.63, 3.8) is 0 Å². The largest absolute Gasteiger partial charge is 0.507 e. The molecule has 0 aliphatic rings. The van der Waals surface area contributed by atoms with Crippen LogP contribution in [-0.2, 0) is 6.18 Å². The van der Waals surface area contributed by atoms with Gasteiger partial charge in [0.25, 0.3) is 5.56 Å². The molecule has 0 spiro atoms. The first-order valence-electron chi connectivity index (χ1n) is 8.44. The second-order valence-corrected chi connectivity index (χ2v) is 6.95. The summed E-state index contributed by atoms with van der Waals surface area (Å²) >= 11 is 5.84. The van der Waals surface area contributed by atoms with Gasteiger partial charge in [0, 0.05) is 16.8 Å². The number of hydrogen-bond acceptors (Lipinski definition) is 3. The molecule has 2 N–H and O–H groups in total. The molecule has 0 unspecified atom stereocenters. The minimum Gasteiger partial charge on any atom is -0.507 e. The van der Waals surface area contributed by atoms with Gasteiger partial charge in [0.05, 0.1) is 11.1 Å². The summed E-state index contributed by atoms with van der Waals surface area (Å²) in [6.07, 6.45) is -3.52. The van der Waals surface area contributed by atoms with Crippen LogP contribution in [0.1, 0.15) is 11.3 Å². The molecule has 2 aromatic carbocycles. The number of fused-ring (bicyclic) bond motifs is 1. The Bertz CT molecular complexity index is 1290. The Hall–Kier alpha value is -3.26. The summed E-state index contributed by atoms with van der Waals surface area (Å²) in [7, 11) is 0. The average molecular weight is 420 g/mol. The number of halogens is 4. The molecule has 2 aromatic heterocycles. The molecular formula is C20H13ClF3N3O2. The molecule has 29 heavy (non-hydrogen) atoms. The van der Waals surface area contributed by atoms with Crippen molar-refractivity contribution < 1.29 is 18.3 Å². The second kappa shape index (κ2) is 6.66. The van der Waals surface area contributed by atoms with E-state index in [2.05, 4.69) is 10.1 Å². The van der Waals surface area contributed by atoms with Gasteiger partial charge in [-0.3, -0.25) is 4.79 Å². The fourth-order valence-electron chi connectivity index (χ4n) is 3.17. The number of rotatable bonds is 2. The van der Waals surface area contributed by atoms with Crippen LogP contribution in [0.4, 0.5) is 13.2 Å². The maximum Gasteiger partial charge on any atom is 0.435 e. The third kappa shape index (κ3) is 3.25. The molecule has 0 atom stereocenters. The van der Waals surface area contributed by atoms with Gasteiger partial charge in [-0.25, -0.2) is 0 Å². The number of nitrogens with one attached hydrogen (secondary N) is 1. The predicted octanol–water partition coefficient (Wildman–Crippen LogP) is 5.04. The Balaban J connectivity index is 2.03. The van der Waals surface area contributed by atoms with Gasteiger partial charge in [-0.2, -0.15) is 22.8 Å². The van der Waals surface area contributed by atoms with Gasteiger partial charge in [0.15, 0.2) is 5.69 Å². The third-order valence-electron chi connectivity index (χ3n) is 4.51. The number of benzene rings is 2. The van der Waals surface area contributed by atoms with Crippen molar-refractivity contribution in [2.24, 2.45) is 0 Å².